The molecular formula is C9H16NO6+. The van der Waals surface area contributed by atoms with E-state index < -0.39 is 30.4 Å². The fourth-order valence-corrected chi connectivity index (χ4v) is 1.15. The Morgan fingerprint density at radius 1 is 1.19 bits per heavy atom. The lowest BCUT2D eigenvalue weighted by Gasteiger charge is -2.27. The van der Waals surface area contributed by atoms with E-state index in [2.05, 4.69) is 4.74 Å². The van der Waals surface area contributed by atoms with E-state index in [9.17, 15) is 14.4 Å². The lowest BCUT2D eigenvalue weighted by atomic mass is 10.2. The second-order valence-electron chi connectivity index (χ2n) is 4.40. The molecule has 16 heavy (non-hydrogen) atoms. The molecule has 0 amide bonds. The SMILES string of the molecule is C[N+](C)(C)CC(CC(=O)O)OC(=O)C(=O)O. The van der Waals surface area contributed by atoms with Gasteiger partial charge in [-0.2, -0.15) is 0 Å². The largest absolute Gasteiger partial charge is 0.481 e. The third-order valence-electron chi connectivity index (χ3n) is 1.60. The number of esters is 1. The highest BCUT2D eigenvalue weighted by Crippen LogP contribution is 2.05. The number of hydrogen-bond acceptors (Lipinski definition) is 4. The summed E-state index contributed by atoms with van der Waals surface area (Å²) < 4.78 is 4.93. The van der Waals surface area contributed by atoms with Crippen molar-refractivity contribution in [1.82, 2.24) is 0 Å². The summed E-state index contributed by atoms with van der Waals surface area (Å²) >= 11 is 0. The van der Waals surface area contributed by atoms with Crippen LogP contribution in [0.2, 0.25) is 0 Å². The van der Waals surface area contributed by atoms with Crippen molar-refractivity contribution in [2.45, 2.75) is 12.5 Å². The molecule has 0 aromatic rings. The number of carboxylic acid groups (broad SMARTS) is 2. The van der Waals surface area contributed by atoms with Crippen LogP contribution in [0.3, 0.4) is 0 Å². The van der Waals surface area contributed by atoms with Crippen molar-refractivity contribution in [3.8, 4) is 0 Å². The van der Waals surface area contributed by atoms with Gasteiger partial charge in [0.15, 0.2) is 6.10 Å². The third kappa shape index (κ3) is 6.77. The van der Waals surface area contributed by atoms with Crippen LogP contribution in [-0.4, -0.2) is 66.4 Å². The highest BCUT2D eigenvalue weighted by molar-refractivity contribution is 6.28. The van der Waals surface area contributed by atoms with Crippen molar-refractivity contribution in [3.63, 3.8) is 0 Å². The molecule has 2 N–H and O–H groups in total. The molecule has 92 valence electrons. The van der Waals surface area contributed by atoms with Gasteiger partial charge >= 0.3 is 17.9 Å². The quantitative estimate of drug-likeness (QED) is 0.365. The molecule has 0 aliphatic rings. The number of carbonyl (C=O) groups excluding carboxylic acids is 1. The van der Waals surface area contributed by atoms with Crippen LogP contribution in [0.1, 0.15) is 6.42 Å². The second-order valence-corrected chi connectivity index (χ2v) is 4.40. The number of carbonyl (C=O) groups is 3. The van der Waals surface area contributed by atoms with E-state index in [0.717, 1.165) is 0 Å². The normalized spacial score (nSPS) is 12.9. The van der Waals surface area contributed by atoms with Crippen LogP contribution in [0, 0.1) is 0 Å². The van der Waals surface area contributed by atoms with Gasteiger partial charge in [0.1, 0.15) is 6.54 Å². The predicted octanol–water partition coefficient (Wildman–Crippen LogP) is -0.836. The predicted molar refractivity (Wildman–Crippen MR) is 52.7 cm³/mol. The van der Waals surface area contributed by atoms with Crippen molar-refractivity contribution >= 4 is 17.9 Å². The van der Waals surface area contributed by atoms with Crippen LogP contribution < -0.4 is 0 Å². The summed E-state index contributed by atoms with van der Waals surface area (Å²) in [6, 6.07) is 0. The molecule has 0 aliphatic carbocycles. The number of carboxylic acids is 2. The zero-order valence-corrected chi connectivity index (χ0v) is 9.47. The number of likely N-dealkylation sites (N-methyl/N-ethyl adjacent to an activating group) is 1. The average molecular weight is 234 g/mol. The standard InChI is InChI=1S/C9H15NO6/c1-10(2,3)5-6(4-7(11)12)16-9(15)8(13)14/h6H,4-5H2,1-3H3,(H-,11,12,13,14)/p+1. The van der Waals surface area contributed by atoms with Gasteiger partial charge in [0.2, 0.25) is 0 Å². The van der Waals surface area contributed by atoms with Crippen molar-refractivity contribution in [2.24, 2.45) is 0 Å². The molecule has 7 heteroatoms. The van der Waals surface area contributed by atoms with Gasteiger partial charge in [-0.15, -0.1) is 0 Å². The molecule has 0 saturated carbocycles. The van der Waals surface area contributed by atoms with Crippen LogP contribution in [0.5, 0.6) is 0 Å². The fourth-order valence-electron chi connectivity index (χ4n) is 1.15. The number of quaternary nitrogens is 1. The Hall–Kier alpha value is -1.63. The Morgan fingerprint density at radius 3 is 2.00 bits per heavy atom. The summed E-state index contributed by atoms with van der Waals surface area (Å²) in [6.07, 6.45) is -1.35. The summed E-state index contributed by atoms with van der Waals surface area (Å²) in [6.45, 7) is 0.228. The van der Waals surface area contributed by atoms with Crippen LogP contribution in [-0.2, 0) is 19.1 Å². The number of ether oxygens (including phenoxy) is 1. The molecule has 0 aliphatic heterocycles. The maximum absolute atomic E-state index is 10.8. The second kappa shape index (κ2) is 5.45. The summed E-state index contributed by atoms with van der Waals surface area (Å²) in [4.78, 5) is 31.6. The molecule has 7 nitrogen and oxygen atoms in total. The van der Waals surface area contributed by atoms with Gasteiger partial charge in [0.05, 0.1) is 27.6 Å². The zero-order chi connectivity index (χ0) is 12.9. The van der Waals surface area contributed by atoms with E-state index in [1.807, 2.05) is 0 Å². The minimum atomic E-state index is -1.73. The van der Waals surface area contributed by atoms with E-state index >= 15 is 0 Å². The minimum Gasteiger partial charge on any atom is -0.481 e. The maximum atomic E-state index is 10.8. The van der Waals surface area contributed by atoms with Gasteiger partial charge in [0.25, 0.3) is 0 Å². The number of aliphatic carboxylic acids is 2. The minimum absolute atomic E-state index is 0.228. The van der Waals surface area contributed by atoms with Crippen molar-refractivity contribution in [3.05, 3.63) is 0 Å². The molecule has 0 fully saturated rings. The molecule has 0 rings (SSSR count). The van der Waals surface area contributed by atoms with Crippen molar-refractivity contribution in [1.29, 1.82) is 0 Å². The Kier molecular flexibility index (Phi) is 4.90. The monoisotopic (exact) mass is 234 g/mol. The molecule has 0 bridgehead atoms. The first kappa shape index (κ1) is 14.4. The van der Waals surface area contributed by atoms with Crippen LogP contribution in [0.15, 0.2) is 0 Å². The van der Waals surface area contributed by atoms with E-state index in [-0.39, 0.29) is 6.54 Å². The molecule has 1 atom stereocenters. The Bertz CT molecular complexity index is 293. The molecule has 0 saturated heterocycles. The molecule has 0 radical (unpaired) electrons. The number of rotatable bonds is 5. The Balaban J connectivity index is 4.49. The van der Waals surface area contributed by atoms with Gasteiger partial charge in [-0.05, 0) is 0 Å². The summed E-state index contributed by atoms with van der Waals surface area (Å²) in [5.74, 6) is -4.30. The van der Waals surface area contributed by atoms with Crippen LogP contribution in [0.4, 0.5) is 0 Å². The first-order chi connectivity index (χ1) is 7.11. The smallest absolute Gasteiger partial charge is 0.417 e. The average Bonchev–Trinajstić information content (AvgIpc) is 1.98. The summed E-state index contributed by atoms with van der Waals surface area (Å²) in [5, 5.41) is 16.9. The van der Waals surface area contributed by atoms with Gasteiger partial charge in [-0.1, -0.05) is 0 Å². The van der Waals surface area contributed by atoms with E-state index in [4.69, 9.17) is 10.2 Å². The van der Waals surface area contributed by atoms with E-state index in [1.165, 1.54) is 0 Å². The van der Waals surface area contributed by atoms with Crippen LogP contribution >= 0.6 is 0 Å². The lowest BCUT2D eigenvalue weighted by molar-refractivity contribution is -0.873. The number of hydrogen-bond donors (Lipinski definition) is 2. The van der Waals surface area contributed by atoms with Crippen molar-refractivity contribution in [2.75, 3.05) is 27.7 Å². The highest BCUT2D eigenvalue weighted by atomic mass is 16.6. The highest BCUT2D eigenvalue weighted by Gasteiger charge is 2.27. The topological polar surface area (TPSA) is 101 Å². The maximum Gasteiger partial charge on any atom is 0.417 e. The first-order valence-electron chi connectivity index (χ1n) is 4.58. The van der Waals surface area contributed by atoms with E-state index in [0.29, 0.717) is 4.48 Å². The van der Waals surface area contributed by atoms with Gasteiger partial charge in [-0.25, -0.2) is 9.59 Å². The molecule has 0 spiro atoms. The Labute approximate surface area is 92.8 Å². The van der Waals surface area contributed by atoms with Gasteiger partial charge in [0, 0.05) is 0 Å². The van der Waals surface area contributed by atoms with Gasteiger partial charge in [-0.3, -0.25) is 4.79 Å². The summed E-state index contributed by atoms with van der Waals surface area (Å²) in [7, 11) is 5.34. The fraction of sp³-hybridized carbons (Fsp3) is 0.667. The van der Waals surface area contributed by atoms with Gasteiger partial charge < -0.3 is 19.4 Å². The molecule has 0 heterocycles. The number of nitrogens with zero attached hydrogens (tertiary/aromatic N) is 1. The zero-order valence-electron chi connectivity index (χ0n) is 9.47. The third-order valence-corrected chi connectivity index (χ3v) is 1.60. The Morgan fingerprint density at radius 2 is 1.69 bits per heavy atom. The molecule has 0 aromatic carbocycles. The molecule has 0 aromatic heterocycles. The van der Waals surface area contributed by atoms with E-state index in [1.54, 1.807) is 21.1 Å². The van der Waals surface area contributed by atoms with Crippen LogP contribution in [0.25, 0.3) is 0 Å². The first-order valence-corrected chi connectivity index (χ1v) is 4.58. The molecular weight excluding hydrogens is 218 g/mol. The van der Waals surface area contributed by atoms with Crippen molar-refractivity contribution < 1.29 is 33.8 Å². The molecule has 1 unspecified atom stereocenters. The summed E-state index contributed by atoms with van der Waals surface area (Å²) in [5.41, 5.74) is 0. The lowest BCUT2D eigenvalue weighted by Crippen LogP contribution is -2.44.